The van der Waals surface area contributed by atoms with Crippen molar-refractivity contribution in [2.75, 3.05) is 13.2 Å². The maximum Gasteiger partial charge on any atom is 0.360 e. The van der Waals surface area contributed by atoms with Crippen LogP contribution in [0.1, 0.15) is 56.7 Å². The molecule has 0 radical (unpaired) electrons. The van der Waals surface area contributed by atoms with Gasteiger partial charge in [0.25, 0.3) is 0 Å². The molecule has 0 saturated carbocycles. The van der Waals surface area contributed by atoms with Crippen molar-refractivity contribution < 1.29 is 14.3 Å². The molecule has 0 fully saturated rings. The van der Waals surface area contributed by atoms with Gasteiger partial charge in [-0.2, -0.15) is 0 Å². The Labute approximate surface area is 114 Å². The molecule has 0 aliphatic heterocycles. The van der Waals surface area contributed by atoms with Crippen LogP contribution < -0.4 is 0 Å². The molecule has 0 aliphatic carbocycles. The zero-order chi connectivity index (χ0) is 14.4. The van der Waals surface area contributed by atoms with Crippen LogP contribution in [0.25, 0.3) is 0 Å². The molecule has 108 valence electrons. The minimum absolute atomic E-state index is 0.147. The number of carbonyl (C=O) groups excluding carboxylic acids is 1. The van der Waals surface area contributed by atoms with Gasteiger partial charge in [0.05, 0.1) is 31.6 Å². The highest BCUT2D eigenvalue weighted by atomic mass is 16.5. The first-order chi connectivity index (χ1) is 8.97. The molecular weight excluding hydrogens is 246 g/mol. The average molecular weight is 269 g/mol. The van der Waals surface area contributed by atoms with Gasteiger partial charge in [-0.3, -0.25) is 0 Å². The number of hydrogen-bond acceptors (Lipinski definition) is 5. The van der Waals surface area contributed by atoms with Crippen molar-refractivity contribution in [1.29, 1.82) is 0 Å². The fourth-order valence-corrected chi connectivity index (χ4v) is 1.78. The average Bonchev–Trinajstić information content (AvgIpc) is 2.73. The van der Waals surface area contributed by atoms with Gasteiger partial charge in [0.15, 0.2) is 5.69 Å². The summed E-state index contributed by atoms with van der Waals surface area (Å²) >= 11 is 0. The third-order valence-electron chi connectivity index (χ3n) is 2.54. The minimum Gasteiger partial charge on any atom is -0.461 e. The summed E-state index contributed by atoms with van der Waals surface area (Å²) in [6, 6.07) is 0. The molecule has 0 bridgehead atoms. The van der Waals surface area contributed by atoms with Crippen molar-refractivity contribution in [3.63, 3.8) is 0 Å². The van der Waals surface area contributed by atoms with Gasteiger partial charge in [0.2, 0.25) is 0 Å². The third-order valence-corrected chi connectivity index (χ3v) is 2.54. The van der Waals surface area contributed by atoms with E-state index >= 15 is 0 Å². The van der Waals surface area contributed by atoms with Crippen LogP contribution in [0.15, 0.2) is 0 Å². The second kappa shape index (κ2) is 7.23. The molecule has 6 nitrogen and oxygen atoms in total. The summed E-state index contributed by atoms with van der Waals surface area (Å²) in [5.74, 6) is -0.268. The van der Waals surface area contributed by atoms with E-state index in [4.69, 9.17) is 9.47 Å². The molecule has 0 aromatic carbocycles. The molecule has 0 spiro atoms. The van der Waals surface area contributed by atoms with Gasteiger partial charge in [0.1, 0.15) is 0 Å². The van der Waals surface area contributed by atoms with E-state index in [-0.39, 0.29) is 12.0 Å². The zero-order valence-corrected chi connectivity index (χ0v) is 12.3. The number of carbonyl (C=O) groups is 1. The van der Waals surface area contributed by atoms with E-state index in [1.807, 2.05) is 27.7 Å². The fraction of sp³-hybridized carbons (Fsp3) is 0.769. The number of rotatable bonds is 7. The van der Waals surface area contributed by atoms with E-state index in [0.717, 1.165) is 5.69 Å². The first kappa shape index (κ1) is 15.6. The summed E-state index contributed by atoms with van der Waals surface area (Å²) in [5, 5.41) is 7.96. The van der Waals surface area contributed by atoms with Gasteiger partial charge in [-0.25, -0.2) is 9.48 Å². The number of esters is 1. The predicted octanol–water partition coefficient (Wildman–Crippen LogP) is 2.00. The first-order valence-corrected chi connectivity index (χ1v) is 6.69. The Morgan fingerprint density at radius 1 is 1.32 bits per heavy atom. The highest BCUT2D eigenvalue weighted by molar-refractivity contribution is 5.88. The van der Waals surface area contributed by atoms with Crippen molar-refractivity contribution in [2.24, 2.45) is 0 Å². The number of ether oxygens (including phenoxy) is 2. The van der Waals surface area contributed by atoms with E-state index in [1.54, 1.807) is 11.6 Å². The summed E-state index contributed by atoms with van der Waals surface area (Å²) in [6.07, 6.45) is 0.176. The van der Waals surface area contributed by atoms with Gasteiger partial charge in [-0.15, -0.1) is 5.10 Å². The largest absolute Gasteiger partial charge is 0.461 e. The molecule has 19 heavy (non-hydrogen) atoms. The van der Waals surface area contributed by atoms with Crippen LogP contribution in [-0.2, 0) is 16.0 Å². The lowest BCUT2D eigenvalue weighted by Crippen LogP contribution is -2.16. The molecule has 1 aromatic heterocycles. The van der Waals surface area contributed by atoms with Gasteiger partial charge in [-0.05, 0) is 26.7 Å². The topological polar surface area (TPSA) is 66.2 Å². The highest BCUT2D eigenvalue weighted by Gasteiger charge is 2.22. The van der Waals surface area contributed by atoms with Crippen LogP contribution in [0, 0.1) is 0 Å². The quantitative estimate of drug-likeness (QED) is 0.708. The number of nitrogens with zero attached hydrogens (tertiary/aromatic N) is 3. The van der Waals surface area contributed by atoms with Crippen LogP contribution in [0.2, 0.25) is 0 Å². The van der Waals surface area contributed by atoms with Gasteiger partial charge in [0, 0.05) is 0 Å². The fourth-order valence-electron chi connectivity index (χ4n) is 1.78. The van der Waals surface area contributed by atoms with Gasteiger partial charge < -0.3 is 9.47 Å². The normalized spacial score (nSPS) is 11.3. The van der Waals surface area contributed by atoms with E-state index in [2.05, 4.69) is 10.3 Å². The lowest BCUT2D eigenvalue weighted by atomic mass is 10.1. The van der Waals surface area contributed by atoms with Crippen LogP contribution in [-0.4, -0.2) is 40.3 Å². The van der Waals surface area contributed by atoms with Gasteiger partial charge in [-0.1, -0.05) is 19.1 Å². The molecule has 0 N–H and O–H groups in total. The Hall–Kier alpha value is -1.43. The van der Waals surface area contributed by atoms with E-state index in [9.17, 15) is 4.79 Å². The van der Waals surface area contributed by atoms with Crippen molar-refractivity contribution in [1.82, 2.24) is 15.0 Å². The summed E-state index contributed by atoms with van der Waals surface area (Å²) < 4.78 is 12.2. The van der Waals surface area contributed by atoms with Crippen molar-refractivity contribution in [3.8, 4) is 0 Å². The number of aromatic nitrogens is 3. The van der Waals surface area contributed by atoms with Crippen LogP contribution in [0.3, 0.4) is 0 Å². The first-order valence-electron chi connectivity index (χ1n) is 6.69. The molecule has 1 rings (SSSR count). The highest BCUT2D eigenvalue weighted by Crippen LogP contribution is 2.18. The molecule has 1 aromatic rings. The van der Waals surface area contributed by atoms with Gasteiger partial charge >= 0.3 is 5.97 Å². The third kappa shape index (κ3) is 4.31. The summed E-state index contributed by atoms with van der Waals surface area (Å²) in [7, 11) is 0. The van der Waals surface area contributed by atoms with Crippen LogP contribution >= 0.6 is 0 Å². The SMILES string of the molecule is CCOC(=O)c1nnn(CCOC(C)C)c1C(C)C. The zero-order valence-electron chi connectivity index (χ0n) is 12.3. The molecule has 0 aliphatic rings. The Bertz CT molecular complexity index is 413. The summed E-state index contributed by atoms with van der Waals surface area (Å²) in [6.45, 7) is 11.2. The predicted molar refractivity (Wildman–Crippen MR) is 71.2 cm³/mol. The standard InChI is InChI=1S/C13H23N3O3/c1-6-18-13(17)11-12(9(2)3)16(15-14-11)7-8-19-10(4)5/h9-10H,6-8H2,1-5H3. The second-order valence-electron chi connectivity index (χ2n) is 4.84. The Kier molecular flexibility index (Phi) is 5.95. The Morgan fingerprint density at radius 2 is 2.00 bits per heavy atom. The van der Waals surface area contributed by atoms with Crippen LogP contribution in [0.4, 0.5) is 0 Å². The van der Waals surface area contributed by atoms with Crippen molar-refractivity contribution in [2.45, 2.75) is 53.2 Å². The monoisotopic (exact) mass is 269 g/mol. The molecule has 6 heteroatoms. The van der Waals surface area contributed by atoms with Crippen molar-refractivity contribution in [3.05, 3.63) is 11.4 Å². The Balaban J connectivity index is 2.84. The Morgan fingerprint density at radius 3 is 2.53 bits per heavy atom. The molecule has 0 saturated heterocycles. The van der Waals surface area contributed by atoms with Crippen molar-refractivity contribution >= 4 is 5.97 Å². The molecule has 0 amide bonds. The number of hydrogen-bond donors (Lipinski definition) is 0. The molecule has 0 atom stereocenters. The van der Waals surface area contributed by atoms with Crippen LogP contribution in [0.5, 0.6) is 0 Å². The summed E-state index contributed by atoms with van der Waals surface area (Å²) in [4.78, 5) is 11.8. The lowest BCUT2D eigenvalue weighted by Gasteiger charge is -2.12. The van der Waals surface area contributed by atoms with E-state index in [0.29, 0.717) is 25.5 Å². The maximum atomic E-state index is 11.8. The van der Waals surface area contributed by atoms with E-state index in [1.165, 1.54) is 0 Å². The minimum atomic E-state index is -0.415. The second-order valence-corrected chi connectivity index (χ2v) is 4.84. The molecule has 0 unspecified atom stereocenters. The molecular formula is C13H23N3O3. The lowest BCUT2D eigenvalue weighted by molar-refractivity contribution is 0.0516. The maximum absolute atomic E-state index is 11.8. The summed E-state index contributed by atoms with van der Waals surface area (Å²) in [5.41, 5.74) is 1.10. The van der Waals surface area contributed by atoms with E-state index < -0.39 is 5.97 Å². The smallest absolute Gasteiger partial charge is 0.360 e. The molecule has 1 heterocycles.